The number of nitrogens with zero attached hydrogens (tertiary/aromatic N) is 3. The molecular formula is C20H30N4O2. The van der Waals surface area contributed by atoms with E-state index < -0.39 is 0 Å². The van der Waals surface area contributed by atoms with Crippen molar-refractivity contribution in [3.8, 4) is 0 Å². The number of nitrogens with one attached hydrogen (secondary N) is 1. The predicted octanol–water partition coefficient (Wildman–Crippen LogP) is 2.19. The summed E-state index contributed by atoms with van der Waals surface area (Å²) in [5.74, 6) is 1.13. The van der Waals surface area contributed by atoms with Gasteiger partial charge in [-0.05, 0) is 25.7 Å². The maximum absolute atomic E-state index is 12.6. The van der Waals surface area contributed by atoms with Crippen molar-refractivity contribution < 1.29 is 4.79 Å². The minimum Gasteiger partial charge on any atom is -0.342 e. The number of amides is 1. The number of hydrogen-bond donors (Lipinski definition) is 1. The summed E-state index contributed by atoms with van der Waals surface area (Å²) in [7, 11) is 0. The Morgan fingerprint density at radius 2 is 2.00 bits per heavy atom. The van der Waals surface area contributed by atoms with E-state index in [1.54, 1.807) is 0 Å². The number of likely N-dealkylation sites (tertiary alicyclic amines) is 1. The molecule has 0 spiro atoms. The summed E-state index contributed by atoms with van der Waals surface area (Å²) in [6, 6.07) is 0.658. The Kier molecular flexibility index (Phi) is 5.11. The molecule has 3 aliphatic rings. The number of aromatic nitrogens is 2. The van der Waals surface area contributed by atoms with E-state index >= 15 is 0 Å². The van der Waals surface area contributed by atoms with Crippen molar-refractivity contribution in [3.63, 3.8) is 0 Å². The monoisotopic (exact) mass is 358 g/mol. The second kappa shape index (κ2) is 7.51. The molecule has 1 saturated carbocycles. The van der Waals surface area contributed by atoms with E-state index in [0.29, 0.717) is 19.0 Å². The molecule has 4 rings (SSSR count). The van der Waals surface area contributed by atoms with Crippen LogP contribution in [-0.2, 0) is 17.8 Å². The summed E-state index contributed by atoms with van der Waals surface area (Å²) in [5, 5.41) is 0. The zero-order valence-corrected chi connectivity index (χ0v) is 15.8. The van der Waals surface area contributed by atoms with Crippen LogP contribution >= 0.6 is 0 Å². The Hall–Kier alpha value is -1.69. The van der Waals surface area contributed by atoms with Crippen LogP contribution in [-0.4, -0.2) is 51.4 Å². The van der Waals surface area contributed by atoms with Crippen molar-refractivity contribution in [1.29, 1.82) is 0 Å². The highest BCUT2D eigenvalue weighted by Crippen LogP contribution is 2.28. The van der Waals surface area contributed by atoms with Gasteiger partial charge in [-0.1, -0.05) is 26.2 Å². The summed E-state index contributed by atoms with van der Waals surface area (Å²) in [5.41, 5.74) is 1.88. The second-order valence-electron chi connectivity index (χ2n) is 8.07. The highest BCUT2D eigenvalue weighted by atomic mass is 16.2. The van der Waals surface area contributed by atoms with Gasteiger partial charge in [0, 0.05) is 50.1 Å². The molecule has 6 heteroatoms. The third-order valence-electron chi connectivity index (χ3n) is 6.44. The van der Waals surface area contributed by atoms with Crippen LogP contribution < -0.4 is 5.56 Å². The van der Waals surface area contributed by atoms with Crippen LogP contribution in [0.1, 0.15) is 74.9 Å². The number of carbonyl (C=O) groups is 1. The van der Waals surface area contributed by atoms with Gasteiger partial charge in [0.1, 0.15) is 5.82 Å². The molecule has 0 radical (unpaired) electrons. The molecule has 0 bridgehead atoms. The van der Waals surface area contributed by atoms with E-state index in [1.165, 1.54) is 32.1 Å². The normalized spacial score (nSPS) is 24.7. The van der Waals surface area contributed by atoms with Crippen LogP contribution in [0.3, 0.4) is 0 Å². The second-order valence-corrected chi connectivity index (χ2v) is 8.07. The molecule has 0 unspecified atom stereocenters. The smallest absolute Gasteiger partial charge is 0.254 e. The Bertz CT molecular complexity index is 723. The van der Waals surface area contributed by atoms with Crippen molar-refractivity contribution >= 4 is 5.91 Å². The fraction of sp³-hybridized carbons (Fsp3) is 0.750. The third-order valence-corrected chi connectivity index (χ3v) is 6.44. The van der Waals surface area contributed by atoms with Crippen molar-refractivity contribution in [2.75, 3.05) is 19.6 Å². The maximum atomic E-state index is 12.6. The van der Waals surface area contributed by atoms with E-state index in [9.17, 15) is 9.59 Å². The minimum absolute atomic E-state index is 0.0357. The van der Waals surface area contributed by atoms with Gasteiger partial charge in [0.2, 0.25) is 5.91 Å². The molecular weight excluding hydrogens is 328 g/mol. The lowest BCUT2D eigenvalue weighted by molar-refractivity contribution is -0.129. The molecule has 1 saturated heterocycles. The van der Waals surface area contributed by atoms with Gasteiger partial charge >= 0.3 is 0 Å². The maximum Gasteiger partial charge on any atom is 0.254 e. The largest absolute Gasteiger partial charge is 0.342 e. The average Bonchev–Trinajstić information content (AvgIpc) is 3.18. The number of aromatic amines is 1. The standard InChI is InChI=1S/C20H30N4O2/c1-2-18(25)24-10-8-14(12-24)19-21-17-13-23(15-6-4-3-5-7-15)11-9-16(17)20(26)22-19/h14-15H,2-13H2,1H3,(H,21,22,26)/t14-/m1/s1. The van der Waals surface area contributed by atoms with Crippen molar-refractivity contribution in [1.82, 2.24) is 19.8 Å². The third kappa shape index (κ3) is 3.43. The first-order valence-corrected chi connectivity index (χ1v) is 10.3. The fourth-order valence-corrected chi connectivity index (χ4v) is 4.86. The van der Waals surface area contributed by atoms with Gasteiger partial charge in [-0.25, -0.2) is 4.98 Å². The molecule has 1 aromatic heterocycles. The SMILES string of the molecule is CCC(=O)N1CC[C@@H](c2nc3c(c(=O)[nH]2)CCN(C2CCCCC2)C3)C1. The quantitative estimate of drug-likeness (QED) is 0.899. The zero-order valence-electron chi connectivity index (χ0n) is 15.8. The molecule has 1 atom stereocenters. The van der Waals surface area contributed by atoms with E-state index in [2.05, 4.69) is 9.88 Å². The highest BCUT2D eigenvalue weighted by Gasteiger charge is 2.31. The highest BCUT2D eigenvalue weighted by molar-refractivity contribution is 5.76. The Labute approximate surface area is 155 Å². The van der Waals surface area contributed by atoms with Gasteiger partial charge in [0.05, 0.1) is 5.69 Å². The molecule has 6 nitrogen and oxygen atoms in total. The molecule has 1 amide bonds. The lowest BCUT2D eigenvalue weighted by Gasteiger charge is -2.37. The first kappa shape index (κ1) is 17.7. The summed E-state index contributed by atoms with van der Waals surface area (Å²) < 4.78 is 0. The van der Waals surface area contributed by atoms with Crippen LogP contribution in [0.2, 0.25) is 0 Å². The summed E-state index contributed by atoms with van der Waals surface area (Å²) in [4.78, 5) is 36.9. The number of H-pyrrole nitrogens is 1. The molecule has 3 heterocycles. The van der Waals surface area contributed by atoms with Crippen molar-refractivity contribution in [3.05, 3.63) is 27.4 Å². The van der Waals surface area contributed by atoms with E-state index in [4.69, 9.17) is 4.98 Å². The van der Waals surface area contributed by atoms with Crippen LogP contribution in [0.5, 0.6) is 0 Å². The van der Waals surface area contributed by atoms with Crippen LogP contribution in [0.25, 0.3) is 0 Å². The Morgan fingerprint density at radius 1 is 1.19 bits per heavy atom. The first-order chi connectivity index (χ1) is 12.7. The van der Waals surface area contributed by atoms with Gasteiger partial charge in [0.15, 0.2) is 0 Å². The molecule has 0 aromatic carbocycles. The van der Waals surface area contributed by atoms with Crippen molar-refractivity contribution in [2.24, 2.45) is 0 Å². The van der Waals surface area contributed by atoms with E-state index in [-0.39, 0.29) is 17.4 Å². The lowest BCUT2D eigenvalue weighted by atomic mass is 9.92. The van der Waals surface area contributed by atoms with E-state index in [0.717, 1.165) is 49.6 Å². The van der Waals surface area contributed by atoms with Crippen LogP contribution in [0.15, 0.2) is 4.79 Å². The van der Waals surface area contributed by atoms with Gasteiger partial charge in [-0.15, -0.1) is 0 Å². The van der Waals surface area contributed by atoms with Gasteiger partial charge in [-0.3, -0.25) is 14.5 Å². The first-order valence-electron chi connectivity index (χ1n) is 10.3. The number of rotatable bonds is 3. The number of carbonyl (C=O) groups excluding carboxylic acids is 1. The molecule has 2 aliphatic heterocycles. The fourth-order valence-electron chi connectivity index (χ4n) is 4.86. The Balaban J connectivity index is 1.52. The molecule has 1 aliphatic carbocycles. The lowest BCUT2D eigenvalue weighted by Crippen LogP contribution is -2.42. The van der Waals surface area contributed by atoms with Gasteiger partial charge in [0.25, 0.3) is 5.56 Å². The van der Waals surface area contributed by atoms with Crippen molar-refractivity contribution in [2.45, 2.75) is 76.8 Å². The topological polar surface area (TPSA) is 69.3 Å². The molecule has 142 valence electrons. The zero-order chi connectivity index (χ0) is 18.1. The Morgan fingerprint density at radius 3 is 2.77 bits per heavy atom. The minimum atomic E-state index is 0.0357. The predicted molar refractivity (Wildman–Crippen MR) is 100 cm³/mol. The molecule has 26 heavy (non-hydrogen) atoms. The van der Waals surface area contributed by atoms with Gasteiger partial charge < -0.3 is 9.88 Å². The molecule has 1 N–H and O–H groups in total. The van der Waals surface area contributed by atoms with E-state index in [1.807, 2.05) is 11.8 Å². The number of hydrogen-bond acceptors (Lipinski definition) is 4. The number of fused-ring (bicyclic) bond motifs is 1. The summed E-state index contributed by atoms with van der Waals surface area (Å²) in [6.45, 7) is 5.13. The van der Waals surface area contributed by atoms with Crippen LogP contribution in [0.4, 0.5) is 0 Å². The average molecular weight is 358 g/mol. The summed E-state index contributed by atoms with van der Waals surface area (Å²) in [6.07, 6.45) is 8.80. The van der Waals surface area contributed by atoms with Crippen LogP contribution in [0, 0.1) is 0 Å². The molecule has 1 aromatic rings. The van der Waals surface area contributed by atoms with Gasteiger partial charge in [-0.2, -0.15) is 0 Å². The summed E-state index contributed by atoms with van der Waals surface area (Å²) >= 11 is 0. The molecule has 2 fully saturated rings.